The average molecular weight is 240 g/mol. The molecule has 0 radical (unpaired) electrons. The molecule has 0 saturated carbocycles. The summed E-state index contributed by atoms with van der Waals surface area (Å²) in [6.45, 7) is 8.04. The topological polar surface area (TPSA) is 55.6 Å². The number of ether oxygens (including phenoxy) is 1. The molecule has 0 aliphatic carbocycles. The van der Waals surface area contributed by atoms with Crippen molar-refractivity contribution < 1.29 is 9.53 Å². The zero-order valence-corrected chi connectivity index (χ0v) is 11.3. The molecule has 1 aliphatic heterocycles. The predicted octanol–water partition coefficient (Wildman–Crippen LogP) is 1.16. The lowest BCUT2D eigenvalue weighted by molar-refractivity contribution is -0.134. The number of amides is 1. The highest BCUT2D eigenvalue weighted by Gasteiger charge is 2.31. The molecule has 1 atom stereocenters. The Hall–Kier alpha value is -0.870. The van der Waals surface area contributed by atoms with E-state index in [1.807, 2.05) is 25.7 Å². The number of carbonyl (C=O) groups is 1. The Bertz CT molecular complexity index is 305. The summed E-state index contributed by atoms with van der Waals surface area (Å²) in [6, 6.07) is -0.431. The van der Waals surface area contributed by atoms with Gasteiger partial charge in [0, 0.05) is 20.2 Å². The van der Waals surface area contributed by atoms with Crippen LogP contribution in [-0.4, -0.2) is 43.7 Å². The number of carbonyl (C=O) groups excluding carboxylic acids is 1. The summed E-state index contributed by atoms with van der Waals surface area (Å²) in [5.74, 6) is 0.0465. The molecular weight excluding hydrogens is 216 g/mol. The number of nitrogens with two attached hydrogens (primary N) is 1. The van der Waals surface area contributed by atoms with Crippen LogP contribution in [0.25, 0.3) is 0 Å². The van der Waals surface area contributed by atoms with Gasteiger partial charge in [-0.15, -0.1) is 0 Å². The Morgan fingerprint density at radius 1 is 1.59 bits per heavy atom. The maximum absolute atomic E-state index is 12.1. The van der Waals surface area contributed by atoms with Crippen molar-refractivity contribution in [3.63, 3.8) is 0 Å². The lowest BCUT2D eigenvalue weighted by Gasteiger charge is -2.33. The van der Waals surface area contributed by atoms with E-state index < -0.39 is 6.04 Å². The summed E-state index contributed by atoms with van der Waals surface area (Å²) >= 11 is 0. The largest absolute Gasteiger partial charge is 0.380 e. The van der Waals surface area contributed by atoms with Gasteiger partial charge in [-0.25, -0.2) is 0 Å². The Balaban J connectivity index is 2.57. The van der Waals surface area contributed by atoms with Gasteiger partial charge in [-0.05, 0) is 17.4 Å². The number of methoxy groups -OCH3 is 1. The maximum Gasteiger partial charge on any atom is 0.240 e. The Morgan fingerprint density at radius 3 is 2.65 bits per heavy atom. The van der Waals surface area contributed by atoms with E-state index in [-0.39, 0.29) is 11.3 Å². The molecule has 0 fully saturated rings. The molecule has 4 nitrogen and oxygen atoms in total. The van der Waals surface area contributed by atoms with Crippen LogP contribution in [0.3, 0.4) is 0 Å². The fourth-order valence-corrected chi connectivity index (χ4v) is 1.79. The van der Waals surface area contributed by atoms with Gasteiger partial charge in [-0.3, -0.25) is 4.79 Å². The minimum atomic E-state index is -0.431. The van der Waals surface area contributed by atoms with Crippen LogP contribution in [0.5, 0.6) is 0 Å². The van der Waals surface area contributed by atoms with Gasteiger partial charge in [0.25, 0.3) is 0 Å². The molecular formula is C13H24N2O2. The van der Waals surface area contributed by atoms with Gasteiger partial charge in [0.1, 0.15) is 0 Å². The van der Waals surface area contributed by atoms with E-state index in [0.717, 1.165) is 13.0 Å². The highest BCUT2D eigenvalue weighted by Crippen LogP contribution is 2.20. The molecule has 0 aromatic carbocycles. The Morgan fingerprint density at radius 2 is 2.24 bits per heavy atom. The van der Waals surface area contributed by atoms with E-state index >= 15 is 0 Å². The third kappa shape index (κ3) is 3.82. The molecule has 0 unspecified atom stereocenters. The van der Waals surface area contributed by atoms with Crippen molar-refractivity contribution in [1.82, 2.24) is 4.90 Å². The predicted molar refractivity (Wildman–Crippen MR) is 68.6 cm³/mol. The fourth-order valence-electron chi connectivity index (χ4n) is 1.79. The molecule has 4 heteroatoms. The van der Waals surface area contributed by atoms with Crippen LogP contribution in [0.15, 0.2) is 11.6 Å². The first-order chi connectivity index (χ1) is 7.86. The van der Waals surface area contributed by atoms with Crippen molar-refractivity contribution in [2.75, 3.05) is 26.8 Å². The lowest BCUT2D eigenvalue weighted by atomic mass is 9.86. The Kier molecular flexibility index (Phi) is 4.71. The molecule has 1 heterocycles. The minimum Gasteiger partial charge on any atom is -0.380 e. The average Bonchev–Trinajstić information content (AvgIpc) is 2.27. The third-order valence-corrected chi connectivity index (χ3v) is 3.14. The lowest BCUT2D eigenvalue weighted by Crippen LogP contribution is -2.51. The van der Waals surface area contributed by atoms with Gasteiger partial charge >= 0.3 is 0 Å². The van der Waals surface area contributed by atoms with Crippen molar-refractivity contribution >= 4 is 5.91 Å². The second-order valence-electron chi connectivity index (χ2n) is 5.67. The smallest absolute Gasteiger partial charge is 0.240 e. The third-order valence-electron chi connectivity index (χ3n) is 3.14. The second kappa shape index (κ2) is 5.65. The van der Waals surface area contributed by atoms with Crippen molar-refractivity contribution in [3.05, 3.63) is 11.6 Å². The monoisotopic (exact) mass is 240 g/mol. The van der Waals surface area contributed by atoms with Crippen LogP contribution in [0, 0.1) is 5.41 Å². The molecule has 0 aromatic heterocycles. The number of nitrogens with zero attached hydrogens (tertiary/aromatic N) is 1. The molecule has 1 aliphatic rings. The van der Waals surface area contributed by atoms with Crippen LogP contribution in [0.2, 0.25) is 0 Å². The highest BCUT2D eigenvalue weighted by atomic mass is 16.5. The first-order valence-electron chi connectivity index (χ1n) is 6.07. The summed E-state index contributed by atoms with van der Waals surface area (Å²) in [5.41, 5.74) is 7.06. The van der Waals surface area contributed by atoms with Crippen LogP contribution < -0.4 is 5.73 Å². The molecule has 2 N–H and O–H groups in total. The Labute approximate surface area is 104 Å². The van der Waals surface area contributed by atoms with Crippen LogP contribution >= 0.6 is 0 Å². The number of rotatable bonds is 3. The number of hydrogen-bond acceptors (Lipinski definition) is 3. The van der Waals surface area contributed by atoms with Gasteiger partial charge in [0.05, 0.1) is 12.6 Å². The molecule has 0 bridgehead atoms. The van der Waals surface area contributed by atoms with Gasteiger partial charge in [0.2, 0.25) is 5.91 Å². The molecule has 17 heavy (non-hydrogen) atoms. The molecule has 0 spiro atoms. The minimum absolute atomic E-state index is 0.0465. The van der Waals surface area contributed by atoms with Crippen molar-refractivity contribution in [3.8, 4) is 0 Å². The van der Waals surface area contributed by atoms with Crippen LogP contribution in [-0.2, 0) is 9.53 Å². The fraction of sp³-hybridized carbons (Fsp3) is 0.769. The zero-order chi connectivity index (χ0) is 13.1. The highest BCUT2D eigenvalue weighted by molar-refractivity contribution is 5.82. The van der Waals surface area contributed by atoms with Gasteiger partial charge in [0.15, 0.2) is 0 Å². The van der Waals surface area contributed by atoms with Gasteiger partial charge in [-0.2, -0.15) is 0 Å². The van der Waals surface area contributed by atoms with E-state index in [1.54, 1.807) is 7.11 Å². The molecule has 0 aromatic rings. The SMILES string of the molecule is COCC1=CCN(C(=O)[C@@H](N)C(C)(C)C)CC1. The second-order valence-corrected chi connectivity index (χ2v) is 5.67. The molecule has 98 valence electrons. The standard InChI is InChI=1S/C13H24N2O2/c1-13(2,3)11(14)12(16)15-7-5-10(6-8-15)9-17-4/h5,11H,6-9,14H2,1-4H3/t11-/m1/s1. The van der Waals surface area contributed by atoms with Crippen molar-refractivity contribution in [2.24, 2.45) is 11.1 Å². The summed E-state index contributed by atoms with van der Waals surface area (Å²) in [7, 11) is 1.69. The van der Waals surface area contributed by atoms with E-state index in [0.29, 0.717) is 13.2 Å². The number of hydrogen-bond donors (Lipinski definition) is 1. The summed E-state index contributed by atoms with van der Waals surface area (Å²) in [6.07, 6.45) is 2.96. The van der Waals surface area contributed by atoms with Gasteiger partial charge in [-0.1, -0.05) is 26.8 Å². The molecule has 1 amide bonds. The van der Waals surface area contributed by atoms with Crippen LogP contribution in [0.1, 0.15) is 27.2 Å². The molecule has 0 saturated heterocycles. The molecule has 1 rings (SSSR count). The maximum atomic E-state index is 12.1. The van der Waals surface area contributed by atoms with E-state index in [1.165, 1.54) is 5.57 Å². The van der Waals surface area contributed by atoms with Crippen molar-refractivity contribution in [1.29, 1.82) is 0 Å². The van der Waals surface area contributed by atoms with E-state index in [4.69, 9.17) is 10.5 Å². The van der Waals surface area contributed by atoms with E-state index in [2.05, 4.69) is 6.08 Å². The first kappa shape index (κ1) is 14.2. The summed E-state index contributed by atoms with van der Waals surface area (Å²) in [5, 5.41) is 0. The van der Waals surface area contributed by atoms with Gasteiger partial charge < -0.3 is 15.4 Å². The summed E-state index contributed by atoms with van der Waals surface area (Å²) in [4.78, 5) is 14.0. The summed E-state index contributed by atoms with van der Waals surface area (Å²) < 4.78 is 5.08. The van der Waals surface area contributed by atoms with E-state index in [9.17, 15) is 4.79 Å². The quantitative estimate of drug-likeness (QED) is 0.753. The van der Waals surface area contributed by atoms with Crippen molar-refractivity contribution in [2.45, 2.75) is 33.2 Å². The normalized spacial score (nSPS) is 18.9. The van der Waals surface area contributed by atoms with Crippen LogP contribution in [0.4, 0.5) is 0 Å². The zero-order valence-electron chi connectivity index (χ0n) is 11.3. The first-order valence-corrected chi connectivity index (χ1v) is 6.07.